The van der Waals surface area contributed by atoms with Crippen LogP contribution in [0.15, 0.2) is 0 Å². The van der Waals surface area contributed by atoms with Crippen LogP contribution in [0, 0.1) is 5.92 Å². The Labute approximate surface area is 402 Å². The van der Waals surface area contributed by atoms with Crippen LogP contribution in [0.25, 0.3) is 0 Å². The Morgan fingerprint density at radius 1 is 0.682 bits per heavy atom. The molecule has 0 bridgehead atoms. The van der Waals surface area contributed by atoms with Crippen molar-refractivity contribution in [3.63, 3.8) is 0 Å². The van der Waals surface area contributed by atoms with Crippen molar-refractivity contribution >= 4 is 46.5 Å². The van der Waals surface area contributed by atoms with E-state index in [1.54, 1.807) is 0 Å². The van der Waals surface area contributed by atoms with Gasteiger partial charge in [-0.1, -0.05) is 180 Å². The van der Waals surface area contributed by atoms with Gasteiger partial charge in [-0.15, -0.1) is 0 Å². The van der Waals surface area contributed by atoms with E-state index in [2.05, 4.69) is 34.5 Å². The molecule has 1 heterocycles. The van der Waals surface area contributed by atoms with Gasteiger partial charge in [-0.3, -0.25) is 28.8 Å². The van der Waals surface area contributed by atoms with E-state index in [1.807, 2.05) is 0 Å². The third-order valence-electron chi connectivity index (χ3n) is 12.6. The Morgan fingerprint density at radius 2 is 1.14 bits per heavy atom. The number of unbranched alkanes of at least 4 members (excludes halogenated alkanes) is 22. The number of primary amides is 1. The average Bonchev–Trinajstić information content (AvgIpc) is 3.28. The zero-order chi connectivity index (χ0) is 49.1. The van der Waals surface area contributed by atoms with Crippen LogP contribution >= 0.6 is 11.8 Å². The monoisotopic (exact) mass is 957 g/mol. The van der Waals surface area contributed by atoms with Gasteiger partial charge >= 0.3 is 5.97 Å². The molecule has 0 aliphatic carbocycles. The summed E-state index contributed by atoms with van der Waals surface area (Å²) in [6, 6.07) is -3.45. The van der Waals surface area contributed by atoms with Gasteiger partial charge in [0.1, 0.15) is 41.9 Å². The van der Waals surface area contributed by atoms with E-state index in [9.17, 15) is 39.0 Å². The Morgan fingerprint density at radius 3 is 1.55 bits per heavy atom. The van der Waals surface area contributed by atoms with Gasteiger partial charge in [-0.25, -0.2) is 0 Å². The number of carbonyl (C=O) groups is 6. The SMILES string of the molecule is CCCCCCCCCCCCCCC(CCCCCCCCCCCCCC)C(=O)S[C@@H]1O[C@H](CO)[C@@H](O)[C@H](O[C@H](C)C(=O)N[C@@H](C)C(=O)N[C@H](CCC(=O)OC)C(N)=O)[C@H]1NC(C)=O. The molecular formula is C50H92N4O11S. The van der Waals surface area contributed by atoms with Gasteiger partial charge in [0, 0.05) is 19.3 Å². The lowest BCUT2D eigenvalue weighted by Crippen LogP contribution is -2.65. The van der Waals surface area contributed by atoms with Crippen LogP contribution in [-0.4, -0.2) is 107 Å². The van der Waals surface area contributed by atoms with Crippen molar-refractivity contribution in [1.29, 1.82) is 0 Å². The van der Waals surface area contributed by atoms with Crippen molar-refractivity contribution in [2.75, 3.05) is 13.7 Å². The zero-order valence-electron chi connectivity index (χ0n) is 41.8. The first-order chi connectivity index (χ1) is 31.7. The second kappa shape index (κ2) is 38.1. The lowest BCUT2D eigenvalue weighted by atomic mass is 9.95. The number of rotatable bonds is 40. The van der Waals surface area contributed by atoms with Crippen LogP contribution < -0.4 is 21.7 Å². The molecule has 0 spiro atoms. The lowest BCUT2D eigenvalue weighted by molar-refractivity contribution is -0.200. The number of hydrogen-bond acceptors (Lipinski definition) is 12. The number of thioether (sulfide) groups is 1. The van der Waals surface area contributed by atoms with Crippen LogP contribution in [0.2, 0.25) is 0 Å². The van der Waals surface area contributed by atoms with E-state index < -0.39 is 84.2 Å². The van der Waals surface area contributed by atoms with E-state index in [-0.39, 0.29) is 23.9 Å². The van der Waals surface area contributed by atoms with Gasteiger partial charge in [-0.2, -0.15) is 0 Å². The number of carbonyl (C=O) groups excluding carboxylic acids is 6. The predicted octanol–water partition coefficient (Wildman–Crippen LogP) is 7.83. The third kappa shape index (κ3) is 27.3. The minimum Gasteiger partial charge on any atom is -0.469 e. The fourth-order valence-corrected chi connectivity index (χ4v) is 9.64. The number of hydrogen-bond donors (Lipinski definition) is 6. The molecule has 1 saturated heterocycles. The largest absolute Gasteiger partial charge is 0.469 e. The summed E-state index contributed by atoms with van der Waals surface area (Å²) in [5.74, 6) is -3.68. The number of amides is 4. The summed E-state index contributed by atoms with van der Waals surface area (Å²) >= 11 is 0.939. The fourth-order valence-electron chi connectivity index (χ4n) is 8.41. The van der Waals surface area contributed by atoms with Gasteiger partial charge in [-0.05, 0) is 33.1 Å². The normalized spacial score (nSPS) is 19.7. The number of aliphatic hydroxyl groups excluding tert-OH is 2. The Hall–Kier alpha value is -2.79. The van der Waals surface area contributed by atoms with Crippen molar-refractivity contribution in [3.8, 4) is 0 Å². The molecule has 384 valence electrons. The molecule has 16 heteroatoms. The third-order valence-corrected chi connectivity index (χ3v) is 13.8. The Balaban J connectivity index is 3.00. The fraction of sp³-hybridized carbons (Fsp3) is 0.880. The molecule has 1 fully saturated rings. The van der Waals surface area contributed by atoms with E-state index in [0.717, 1.165) is 63.1 Å². The molecule has 15 nitrogen and oxygen atoms in total. The number of methoxy groups -OCH3 is 1. The summed E-state index contributed by atoms with van der Waals surface area (Å²) in [6.07, 6.45) is 25.3. The molecule has 0 aromatic heterocycles. The van der Waals surface area contributed by atoms with Crippen molar-refractivity contribution in [2.45, 2.75) is 262 Å². The second-order valence-electron chi connectivity index (χ2n) is 18.5. The first-order valence-corrected chi connectivity index (χ1v) is 26.6. The molecule has 66 heavy (non-hydrogen) atoms. The summed E-state index contributed by atoms with van der Waals surface area (Å²) in [5.41, 5.74) is 4.37. The maximum absolute atomic E-state index is 14.3. The second-order valence-corrected chi connectivity index (χ2v) is 19.6. The standard InChI is InChI=1S/C50H92N4O11S/c1-7-9-11-13-15-17-19-21-23-25-27-29-31-39(32-30-28-26-24-22-20-18-16-14-12-10-8-2)49(62)66-50-43(53-38(5)56)45(44(58)41(35-55)65-50)64-37(4)48(61)52-36(3)47(60)54-40(46(51)59)33-34-42(57)63-6/h36-37,39-41,43-45,50,55,58H,7-35H2,1-6H3,(H2,51,59)(H,52,61)(H,53,56)(H,54,60)/t36-,37+,40+,41+,43+,44+,45+,50-/m0/s1. The average molecular weight is 957 g/mol. The number of ether oxygens (including phenoxy) is 3. The molecular weight excluding hydrogens is 865 g/mol. The Bertz CT molecular complexity index is 1330. The number of esters is 1. The zero-order valence-corrected chi connectivity index (χ0v) is 42.6. The van der Waals surface area contributed by atoms with Gasteiger partial charge < -0.3 is 46.1 Å². The molecule has 4 amide bonds. The molecule has 0 unspecified atom stereocenters. The highest BCUT2D eigenvalue weighted by molar-refractivity contribution is 8.14. The van der Waals surface area contributed by atoms with E-state index >= 15 is 0 Å². The van der Waals surface area contributed by atoms with Crippen molar-refractivity contribution in [1.82, 2.24) is 16.0 Å². The molecule has 0 radical (unpaired) electrons. The summed E-state index contributed by atoms with van der Waals surface area (Å²) < 4.78 is 16.8. The quantitative estimate of drug-likeness (QED) is 0.0255. The number of aliphatic hydroxyl groups is 2. The molecule has 1 aliphatic rings. The number of nitrogens with one attached hydrogen (secondary N) is 3. The van der Waals surface area contributed by atoms with Gasteiger partial charge in [0.15, 0.2) is 5.12 Å². The highest BCUT2D eigenvalue weighted by Gasteiger charge is 2.48. The van der Waals surface area contributed by atoms with Crippen LogP contribution in [0.1, 0.15) is 214 Å². The van der Waals surface area contributed by atoms with Crippen LogP contribution in [0.5, 0.6) is 0 Å². The molecule has 8 atom stereocenters. The highest BCUT2D eigenvalue weighted by atomic mass is 32.2. The smallest absolute Gasteiger partial charge is 0.305 e. The summed E-state index contributed by atoms with van der Waals surface area (Å²) in [7, 11) is 1.19. The maximum Gasteiger partial charge on any atom is 0.305 e. The first kappa shape index (κ1) is 61.2. The molecule has 1 rings (SSSR count). The van der Waals surface area contributed by atoms with E-state index in [1.165, 1.54) is 143 Å². The van der Waals surface area contributed by atoms with Crippen molar-refractivity contribution in [2.24, 2.45) is 11.7 Å². The minimum absolute atomic E-state index is 0.0835. The van der Waals surface area contributed by atoms with Crippen molar-refractivity contribution in [3.05, 3.63) is 0 Å². The van der Waals surface area contributed by atoms with Crippen LogP contribution in [0.3, 0.4) is 0 Å². The molecule has 1 aliphatic heterocycles. The van der Waals surface area contributed by atoms with E-state index in [4.69, 9.17) is 15.2 Å². The van der Waals surface area contributed by atoms with Crippen LogP contribution in [0.4, 0.5) is 0 Å². The van der Waals surface area contributed by atoms with Gasteiger partial charge in [0.25, 0.3) is 0 Å². The highest BCUT2D eigenvalue weighted by Crippen LogP contribution is 2.35. The Kier molecular flexibility index (Phi) is 35.3. The minimum atomic E-state index is -1.50. The van der Waals surface area contributed by atoms with Gasteiger partial charge in [0.05, 0.1) is 19.8 Å². The van der Waals surface area contributed by atoms with Crippen molar-refractivity contribution < 1.29 is 53.2 Å². The van der Waals surface area contributed by atoms with Gasteiger partial charge in [0.2, 0.25) is 23.6 Å². The van der Waals surface area contributed by atoms with Crippen LogP contribution in [-0.2, 0) is 43.0 Å². The number of nitrogens with two attached hydrogens (primary N) is 1. The lowest BCUT2D eigenvalue weighted by Gasteiger charge is -2.44. The van der Waals surface area contributed by atoms with E-state index in [0.29, 0.717) is 0 Å². The molecule has 0 aromatic rings. The first-order valence-electron chi connectivity index (χ1n) is 25.7. The molecule has 7 N–H and O–H groups in total. The summed E-state index contributed by atoms with van der Waals surface area (Å²) in [4.78, 5) is 76.7. The summed E-state index contributed by atoms with van der Waals surface area (Å²) in [5, 5.41) is 29.3. The predicted molar refractivity (Wildman–Crippen MR) is 261 cm³/mol. The molecule has 0 saturated carbocycles. The molecule has 0 aromatic carbocycles. The topological polar surface area (TPSA) is 233 Å². The summed E-state index contributed by atoms with van der Waals surface area (Å²) in [6.45, 7) is 7.93. The maximum atomic E-state index is 14.3.